The summed E-state index contributed by atoms with van der Waals surface area (Å²) in [4.78, 5) is 35.0. The number of carbonyl (C=O) groups excluding carboxylic acids is 2. The van der Waals surface area contributed by atoms with E-state index in [4.69, 9.17) is 4.74 Å². The molecule has 0 saturated heterocycles. The van der Waals surface area contributed by atoms with Crippen LogP contribution in [0.1, 0.15) is 33.2 Å². The van der Waals surface area contributed by atoms with Gasteiger partial charge in [-0.25, -0.2) is 13.2 Å². The Morgan fingerprint density at radius 2 is 1.68 bits per heavy atom. The Labute approximate surface area is 161 Å². The normalized spacial score (nSPS) is 12.1. The molecule has 148 valence electrons. The van der Waals surface area contributed by atoms with Gasteiger partial charge in [-0.1, -0.05) is 6.07 Å². The van der Waals surface area contributed by atoms with Crippen LogP contribution in [-0.2, 0) is 14.8 Å². The fourth-order valence-electron chi connectivity index (χ4n) is 2.37. The van der Waals surface area contributed by atoms with Crippen LogP contribution in [-0.4, -0.2) is 37.5 Å². The fraction of sp³-hybridized carbons (Fsp3) is 0.222. The number of esters is 1. The molecule has 0 amide bonds. The summed E-state index contributed by atoms with van der Waals surface area (Å²) in [6, 6.07) is 9.52. The predicted octanol–water partition coefficient (Wildman–Crippen LogP) is 2.70. The molecule has 1 atom stereocenters. The lowest BCUT2D eigenvalue weighted by Gasteiger charge is -2.13. The van der Waals surface area contributed by atoms with Gasteiger partial charge in [-0.2, -0.15) is 0 Å². The third-order valence-electron chi connectivity index (χ3n) is 3.77. The zero-order valence-electron chi connectivity index (χ0n) is 15.3. The molecule has 10 heteroatoms. The summed E-state index contributed by atoms with van der Waals surface area (Å²) in [5, 5.41) is 11.0. The van der Waals surface area contributed by atoms with E-state index in [0.29, 0.717) is 5.56 Å². The van der Waals surface area contributed by atoms with Crippen molar-refractivity contribution in [3.8, 4) is 0 Å². The average molecular weight is 406 g/mol. The number of sulfonamides is 1. The second kappa shape index (κ2) is 8.17. The average Bonchev–Trinajstić information content (AvgIpc) is 2.60. The maximum atomic E-state index is 12.4. The quantitative estimate of drug-likeness (QED) is 0.323. The smallest absolute Gasteiger partial charge is 0.339 e. The van der Waals surface area contributed by atoms with Crippen LogP contribution >= 0.6 is 0 Å². The topological polar surface area (TPSA) is 133 Å². The third-order valence-corrected chi connectivity index (χ3v) is 4.37. The summed E-state index contributed by atoms with van der Waals surface area (Å²) in [5.74, 6) is -1.36. The SMILES string of the molecule is Cc1ccc(C(=O)O[C@H](C)C(=O)c2ccc(NS(C)(=O)=O)cc2)cc1[N+](=O)[O-]. The number of ether oxygens (including phenoxy) is 1. The molecule has 0 unspecified atom stereocenters. The second-order valence-electron chi connectivity index (χ2n) is 6.12. The highest BCUT2D eigenvalue weighted by molar-refractivity contribution is 7.92. The first-order valence-corrected chi connectivity index (χ1v) is 9.95. The standard InChI is InChI=1S/C18H18N2O7S/c1-11-4-5-14(10-16(11)20(23)24)18(22)27-12(2)17(21)13-6-8-15(9-7-13)19-28(3,25)26/h4-10,12,19H,1-3H3/t12-/m1/s1. The van der Waals surface area contributed by atoms with E-state index in [1.54, 1.807) is 6.92 Å². The van der Waals surface area contributed by atoms with Crippen molar-refractivity contribution in [2.75, 3.05) is 11.0 Å². The third kappa shape index (κ3) is 5.36. The van der Waals surface area contributed by atoms with Crippen molar-refractivity contribution in [2.24, 2.45) is 0 Å². The number of ketones is 1. The number of nitro groups is 1. The maximum Gasteiger partial charge on any atom is 0.339 e. The summed E-state index contributed by atoms with van der Waals surface area (Å²) in [6.45, 7) is 2.92. The van der Waals surface area contributed by atoms with E-state index >= 15 is 0 Å². The van der Waals surface area contributed by atoms with Gasteiger partial charge < -0.3 is 4.74 Å². The molecule has 28 heavy (non-hydrogen) atoms. The summed E-state index contributed by atoms with van der Waals surface area (Å²) in [7, 11) is -3.44. The number of Topliss-reactive ketones (excluding diaryl/α,β-unsaturated/α-hetero) is 1. The number of carbonyl (C=O) groups is 2. The van der Waals surface area contributed by atoms with Crippen LogP contribution in [0.3, 0.4) is 0 Å². The Morgan fingerprint density at radius 3 is 2.21 bits per heavy atom. The van der Waals surface area contributed by atoms with Crippen molar-refractivity contribution in [2.45, 2.75) is 20.0 Å². The molecule has 2 aromatic carbocycles. The molecule has 0 aliphatic rings. The molecule has 2 aromatic rings. The number of nitrogens with zero attached hydrogens (tertiary/aromatic N) is 1. The van der Waals surface area contributed by atoms with Crippen molar-refractivity contribution in [3.63, 3.8) is 0 Å². The Hall–Kier alpha value is -3.27. The van der Waals surface area contributed by atoms with Crippen LogP contribution in [0.25, 0.3) is 0 Å². The molecular formula is C18H18N2O7S. The fourth-order valence-corrected chi connectivity index (χ4v) is 2.93. The van der Waals surface area contributed by atoms with Crippen molar-refractivity contribution >= 4 is 33.2 Å². The summed E-state index contributed by atoms with van der Waals surface area (Å²) >= 11 is 0. The molecule has 0 aliphatic carbocycles. The van der Waals surface area contributed by atoms with E-state index in [2.05, 4.69) is 4.72 Å². The van der Waals surface area contributed by atoms with Crippen LogP contribution in [0.5, 0.6) is 0 Å². The van der Waals surface area contributed by atoms with Gasteiger partial charge in [0.2, 0.25) is 15.8 Å². The van der Waals surface area contributed by atoms with Crippen LogP contribution in [0, 0.1) is 17.0 Å². The molecule has 1 N–H and O–H groups in total. The van der Waals surface area contributed by atoms with Gasteiger partial charge in [-0.05, 0) is 44.2 Å². The highest BCUT2D eigenvalue weighted by Gasteiger charge is 2.22. The molecule has 0 aliphatic heterocycles. The number of rotatable bonds is 7. The molecular weight excluding hydrogens is 388 g/mol. The monoisotopic (exact) mass is 406 g/mol. The van der Waals surface area contributed by atoms with Crippen LogP contribution < -0.4 is 4.72 Å². The number of nitrogens with one attached hydrogen (secondary N) is 1. The minimum absolute atomic E-state index is 0.0374. The summed E-state index contributed by atoms with van der Waals surface area (Å²) in [5.41, 5.74) is 0.644. The highest BCUT2D eigenvalue weighted by atomic mass is 32.2. The lowest BCUT2D eigenvalue weighted by atomic mass is 10.1. The number of benzene rings is 2. The van der Waals surface area contributed by atoms with Gasteiger partial charge in [0.1, 0.15) is 0 Å². The number of hydrogen-bond acceptors (Lipinski definition) is 7. The zero-order valence-corrected chi connectivity index (χ0v) is 16.1. The van der Waals surface area contributed by atoms with Gasteiger partial charge in [0.15, 0.2) is 6.10 Å². The largest absolute Gasteiger partial charge is 0.451 e. The minimum atomic E-state index is -3.44. The van der Waals surface area contributed by atoms with E-state index in [0.717, 1.165) is 12.3 Å². The molecule has 0 bridgehead atoms. The van der Waals surface area contributed by atoms with E-state index in [1.807, 2.05) is 0 Å². The van der Waals surface area contributed by atoms with Gasteiger partial charge in [0, 0.05) is 22.9 Å². The van der Waals surface area contributed by atoms with Crippen molar-refractivity contribution < 1.29 is 27.7 Å². The Balaban J connectivity index is 2.10. The predicted molar refractivity (Wildman–Crippen MR) is 102 cm³/mol. The maximum absolute atomic E-state index is 12.4. The number of aryl methyl sites for hydroxylation is 1. The van der Waals surface area contributed by atoms with Crippen LogP contribution in [0.4, 0.5) is 11.4 Å². The van der Waals surface area contributed by atoms with Crippen molar-refractivity contribution in [3.05, 3.63) is 69.3 Å². The molecule has 0 aromatic heterocycles. The van der Waals surface area contributed by atoms with Crippen LogP contribution in [0.2, 0.25) is 0 Å². The highest BCUT2D eigenvalue weighted by Crippen LogP contribution is 2.20. The summed E-state index contributed by atoms with van der Waals surface area (Å²) in [6.07, 6.45) is -0.134. The van der Waals surface area contributed by atoms with Gasteiger partial charge in [0.25, 0.3) is 5.69 Å². The summed E-state index contributed by atoms with van der Waals surface area (Å²) < 4.78 is 29.8. The first kappa shape index (κ1) is 21.0. The Kier molecular flexibility index (Phi) is 6.14. The molecule has 0 fully saturated rings. The van der Waals surface area contributed by atoms with Crippen LogP contribution in [0.15, 0.2) is 42.5 Å². The second-order valence-corrected chi connectivity index (χ2v) is 7.87. The molecule has 0 heterocycles. The number of hydrogen-bond donors (Lipinski definition) is 1. The van der Waals surface area contributed by atoms with Gasteiger partial charge in [-0.3, -0.25) is 19.6 Å². The lowest BCUT2D eigenvalue weighted by molar-refractivity contribution is -0.385. The Bertz CT molecular complexity index is 1030. The van der Waals surface area contributed by atoms with E-state index in [9.17, 15) is 28.1 Å². The van der Waals surface area contributed by atoms with E-state index < -0.39 is 32.8 Å². The lowest BCUT2D eigenvalue weighted by Crippen LogP contribution is -2.24. The molecule has 9 nitrogen and oxygen atoms in total. The van der Waals surface area contributed by atoms with E-state index in [1.165, 1.54) is 43.3 Å². The zero-order chi connectivity index (χ0) is 21.1. The van der Waals surface area contributed by atoms with Gasteiger partial charge in [-0.15, -0.1) is 0 Å². The molecule has 2 rings (SSSR count). The Morgan fingerprint density at radius 1 is 1.11 bits per heavy atom. The minimum Gasteiger partial charge on any atom is -0.451 e. The first-order chi connectivity index (χ1) is 13.0. The van der Waals surface area contributed by atoms with Crippen molar-refractivity contribution in [1.82, 2.24) is 0 Å². The molecule has 0 spiro atoms. The number of anilines is 1. The van der Waals surface area contributed by atoms with Gasteiger partial charge >= 0.3 is 5.97 Å². The number of nitro benzene ring substituents is 1. The molecule has 0 saturated carbocycles. The van der Waals surface area contributed by atoms with Gasteiger partial charge in [0.05, 0.1) is 16.7 Å². The first-order valence-electron chi connectivity index (χ1n) is 8.06. The molecule has 0 radical (unpaired) electrons. The van der Waals surface area contributed by atoms with Crippen molar-refractivity contribution in [1.29, 1.82) is 0 Å². The van der Waals surface area contributed by atoms with E-state index in [-0.39, 0.29) is 22.5 Å².